The van der Waals surface area contributed by atoms with Crippen LogP contribution in [-0.2, 0) is 13.0 Å². The van der Waals surface area contributed by atoms with E-state index in [0.717, 1.165) is 23.2 Å². The van der Waals surface area contributed by atoms with Gasteiger partial charge in [0, 0.05) is 29.7 Å². The smallest absolute Gasteiger partial charge is 0.272 e. The summed E-state index contributed by atoms with van der Waals surface area (Å²) in [4.78, 5) is 16.2. The van der Waals surface area contributed by atoms with Crippen LogP contribution >= 0.6 is 11.6 Å². The maximum Gasteiger partial charge on any atom is 0.272 e. The normalized spacial score (nSPS) is 10.8. The standard InChI is InChI=1S/C33H30ClN3O3/c1-39-28-17-18-29(32(21-28)40-2)30-22-31(37(35-30)27-15-13-26(34)14-16-27)33(38)36(23-25-11-7-4-8-12-25)20-19-24-9-5-3-6-10-24/h3-18,21-22H,19-20,23H2,1-2H3. The molecule has 7 heteroatoms. The zero-order valence-corrected chi connectivity index (χ0v) is 23.2. The summed E-state index contributed by atoms with van der Waals surface area (Å²) in [5, 5.41) is 5.48. The minimum atomic E-state index is -0.124. The van der Waals surface area contributed by atoms with E-state index < -0.39 is 0 Å². The number of carbonyl (C=O) groups excluding carboxylic acids is 1. The van der Waals surface area contributed by atoms with Crippen molar-refractivity contribution in [3.63, 3.8) is 0 Å². The molecule has 0 radical (unpaired) electrons. The Morgan fingerprint density at radius 2 is 1.50 bits per heavy atom. The molecule has 202 valence electrons. The van der Waals surface area contributed by atoms with Crippen molar-refractivity contribution in [3.05, 3.63) is 131 Å². The van der Waals surface area contributed by atoms with Crippen molar-refractivity contribution in [2.24, 2.45) is 0 Å². The molecule has 1 amide bonds. The summed E-state index contributed by atoms with van der Waals surface area (Å²) in [6.45, 7) is 1.02. The Labute approximate surface area is 239 Å². The highest BCUT2D eigenvalue weighted by atomic mass is 35.5. The molecule has 0 aliphatic carbocycles. The molecule has 5 rings (SSSR count). The molecule has 0 aliphatic rings. The molecule has 4 aromatic carbocycles. The predicted octanol–water partition coefficient (Wildman–Crippen LogP) is 7.10. The third-order valence-electron chi connectivity index (χ3n) is 6.70. The lowest BCUT2D eigenvalue weighted by molar-refractivity contribution is 0.0736. The van der Waals surface area contributed by atoms with Crippen LogP contribution < -0.4 is 9.47 Å². The number of ether oxygens (including phenoxy) is 2. The van der Waals surface area contributed by atoms with Crippen molar-refractivity contribution in [1.29, 1.82) is 0 Å². The Balaban J connectivity index is 1.57. The minimum Gasteiger partial charge on any atom is -0.497 e. The maximum atomic E-state index is 14.3. The van der Waals surface area contributed by atoms with Gasteiger partial charge in [-0.05, 0) is 60.0 Å². The van der Waals surface area contributed by atoms with Gasteiger partial charge in [-0.3, -0.25) is 4.79 Å². The summed E-state index contributed by atoms with van der Waals surface area (Å²) in [5.74, 6) is 1.15. The topological polar surface area (TPSA) is 56.6 Å². The number of carbonyl (C=O) groups is 1. The van der Waals surface area contributed by atoms with Crippen LogP contribution in [0.4, 0.5) is 0 Å². The van der Waals surface area contributed by atoms with Gasteiger partial charge in [0.25, 0.3) is 5.91 Å². The van der Waals surface area contributed by atoms with E-state index in [1.165, 1.54) is 5.56 Å². The molecule has 5 aromatic rings. The van der Waals surface area contributed by atoms with Gasteiger partial charge in [0.2, 0.25) is 0 Å². The quantitative estimate of drug-likeness (QED) is 0.186. The zero-order valence-electron chi connectivity index (χ0n) is 22.5. The number of methoxy groups -OCH3 is 2. The number of benzene rings is 4. The second-order valence-electron chi connectivity index (χ2n) is 9.32. The van der Waals surface area contributed by atoms with E-state index in [9.17, 15) is 4.79 Å². The van der Waals surface area contributed by atoms with Gasteiger partial charge < -0.3 is 14.4 Å². The number of halogens is 1. The fourth-order valence-electron chi connectivity index (χ4n) is 4.58. The Morgan fingerprint density at radius 1 is 0.825 bits per heavy atom. The molecular weight excluding hydrogens is 522 g/mol. The molecular formula is C33H30ClN3O3. The summed E-state index contributed by atoms with van der Waals surface area (Å²) < 4.78 is 12.7. The SMILES string of the molecule is COc1ccc(-c2cc(C(=O)N(CCc3ccccc3)Cc3ccccc3)n(-c3ccc(Cl)cc3)n2)c(OC)c1. The lowest BCUT2D eigenvalue weighted by Crippen LogP contribution is -2.34. The fraction of sp³-hybridized carbons (Fsp3) is 0.152. The molecule has 0 aliphatic heterocycles. The first-order valence-corrected chi connectivity index (χ1v) is 13.4. The van der Waals surface area contributed by atoms with Crippen LogP contribution in [0.3, 0.4) is 0 Å². The molecule has 0 saturated heterocycles. The van der Waals surface area contributed by atoms with Crippen molar-refractivity contribution >= 4 is 17.5 Å². The van der Waals surface area contributed by atoms with E-state index in [0.29, 0.717) is 41.0 Å². The van der Waals surface area contributed by atoms with Crippen molar-refractivity contribution in [3.8, 4) is 28.4 Å². The fourth-order valence-corrected chi connectivity index (χ4v) is 4.71. The number of amides is 1. The molecule has 40 heavy (non-hydrogen) atoms. The van der Waals surface area contributed by atoms with Gasteiger partial charge in [-0.2, -0.15) is 5.10 Å². The molecule has 0 fully saturated rings. The van der Waals surface area contributed by atoms with Crippen molar-refractivity contribution < 1.29 is 14.3 Å². The third kappa shape index (κ3) is 6.19. The van der Waals surface area contributed by atoms with Crippen molar-refractivity contribution in [2.45, 2.75) is 13.0 Å². The van der Waals surface area contributed by atoms with Gasteiger partial charge in [0.15, 0.2) is 0 Å². The summed E-state index contributed by atoms with van der Waals surface area (Å²) in [6.07, 6.45) is 0.730. The zero-order chi connectivity index (χ0) is 27.9. The molecule has 0 bridgehead atoms. The van der Waals surface area contributed by atoms with Crippen molar-refractivity contribution in [2.75, 3.05) is 20.8 Å². The molecule has 1 aromatic heterocycles. The van der Waals surface area contributed by atoms with Gasteiger partial charge >= 0.3 is 0 Å². The molecule has 6 nitrogen and oxygen atoms in total. The first-order valence-electron chi connectivity index (χ1n) is 13.0. The van der Waals surface area contributed by atoms with Crippen LogP contribution in [0.1, 0.15) is 21.6 Å². The second-order valence-corrected chi connectivity index (χ2v) is 9.75. The number of rotatable bonds is 10. The largest absolute Gasteiger partial charge is 0.497 e. The number of hydrogen-bond donors (Lipinski definition) is 0. The molecule has 0 saturated carbocycles. The second kappa shape index (κ2) is 12.5. The lowest BCUT2D eigenvalue weighted by atomic mass is 10.1. The van der Waals surface area contributed by atoms with Crippen LogP contribution in [0.2, 0.25) is 5.02 Å². The van der Waals surface area contributed by atoms with Gasteiger partial charge in [-0.1, -0.05) is 72.3 Å². The first-order chi connectivity index (χ1) is 19.6. The number of nitrogens with zero attached hydrogens (tertiary/aromatic N) is 3. The van der Waals surface area contributed by atoms with Gasteiger partial charge in [-0.15, -0.1) is 0 Å². The van der Waals surface area contributed by atoms with Crippen LogP contribution in [-0.4, -0.2) is 41.4 Å². The molecule has 1 heterocycles. The van der Waals surface area contributed by atoms with Crippen LogP contribution in [0.5, 0.6) is 11.5 Å². The van der Waals surface area contributed by atoms with E-state index in [1.807, 2.05) is 83.8 Å². The molecule has 0 N–H and O–H groups in total. The van der Waals surface area contributed by atoms with E-state index in [4.69, 9.17) is 26.2 Å². The molecule has 0 unspecified atom stereocenters. The third-order valence-corrected chi connectivity index (χ3v) is 6.95. The lowest BCUT2D eigenvalue weighted by Gasteiger charge is -2.23. The highest BCUT2D eigenvalue weighted by Gasteiger charge is 2.24. The van der Waals surface area contributed by atoms with Crippen LogP contribution in [0.25, 0.3) is 16.9 Å². The Hall–Kier alpha value is -4.55. The van der Waals surface area contributed by atoms with Crippen molar-refractivity contribution in [1.82, 2.24) is 14.7 Å². The Morgan fingerprint density at radius 3 is 2.15 bits per heavy atom. The van der Waals surface area contributed by atoms with E-state index in [2.05, 4.69) is 12.1 Å². The average molecular weight is 552 g/mol. The Kier molecular flexibility index (Phi) is 8.47. The van der Waals surface area contributed by atoms with Gasteiger partial charge in [0.1, 0.15) is 17.2 Å². The van der Waals surface area contributed by atoms with Gasteiger partial charge in [-0.25, -0.2) is 4.68 Å². The van der Waals surface area contributed by atoms with Gasteiger partial charge in [0.05, 0.1) is 25.6 Å². The predicted molar refractivity (Wildman–Crippen MR) is 158 cm³/mol. The molecule has 0 atom stereocenters. The summed E-state index contributed by atoms with van der Waals surface area (Å²) >= 11 is 6.18. The summed E-state index contributed by atoms with van der Waals surface area (Å²) in [7, 11) is 3.21. The monoisotopic (exact) mass is 551 g/mol. The van der Waals surface area contributed by atoms with Crippen LogP contribution in [0, 0.1) is 0 Å². The summed E-state index contributed by atoms with van der Waals surface area (Å²) in [6, 6.07) is 34.9. The van der Waals surface area contributed by atoms with E-state index in [-0.39, 0.29) is 5.91 Å². The van der Waals surface area contributed by atoms with Crippen LogP contribution in [0.15, 0.2) is 109 Å². The van der Waals surface area contributed by atoms with E-state index in [1.54, 1.807) is 37.1 Å². The van der Waals surface area contributed by atoms with E-state index >= 15 is 0 Å². The first kappa shape index (κ1) is 27.0. The maximum absolute atomic E-state index is 14.3. The number of aromatic nitrogens is 2. The minimum absolute atomic E-state index is 0.124. The Bertz CT molecular complexity index is 1570. The molecule has 0 spiro atoms. The highest BCUT2D eigenvalue weighted by molar-refractivity contribution is 6.30. The highest BCUT2D eigenvalue weighted by Crippen LogP contribution is 2.34. The summed E-state index contributed by atoms with van der Waals surface area (Å²) in [5.41, 5.74) is 4.76. The number of hydrogen-bond acceptors (Lipinski definition) is 4. The average Bonchev–Trinajstić information content (AvgIpc) is 3.45.